The maximum Gasteiger partial charge on any atom is 0.275 e. The van der Waals surface area contributed by atoms with Crippen LogP contribution in [0.5, 0.6) is 0 Å². The lowest BCUT2D eigenvalue weighted by molar-refractivity contribution is 0.0261. The summed E-state index contributed by atoms with van der Waals surface area (Å²) in [6, 6.07) is 1.75. The number of carbonyl (C=O) groups is 1. The number of aliphatic hydroxyl groups is 1. The first kappa shape index (κ1) is 15.4. The molecule has 1 N–H and O–H groups in total. The first-order chi connectivity index (χ1) is 11.0. The molecule has 1 amide bonds. The molecular formula is C15H19N5O3. The molecule has 1 aliphatic rings. The van der Waals surface area contributed by atoms with Gasteiger partial charge in [-0.05, 0) is 19.4 Å². The van der Waals surface area contributed by atoms with Crippen molar-refractivity contribution in [3.05, 3.63) is 36.3 Å². The molecule has 122 valence electrons. The lowest BCUT2D eigenvalue weighted by Gasteiger charge is -2.28. The Labute approximate surface area is 133 Å². The molecule has 0 aliphatic carbocycles. The molecule has 0 radical (unpaired) electrons. The monoisotopic (exact) mass is 317 g/mol. The summed E-state index contributed by atoms with van der Waals surface area (Å²) < 4.78 is 5.06. The zero-order valence-electron chi connectivity index (χ0n) is 13.1. The third-order valence-corrected chi connectivity index (χ3v) is 3.99. The van der Waals surface area contributed by atoms with Crippen molar-refractivity contribution in [1.82, 2.24) is 19.9 Å². The first-order valence-corrected chi connectivity index (χ1v) is 7.38. The van der Waals surface area contributed by atoms with E-state index in [1.807, 2.05) is 4.90 Å². The molecule has 1 aliphatic heterocycles. The van der Waals surface area contributed by atoms with Gasteiger partial charge in [-0.1, -0.05) is 0 Å². The summed E-state index contributed by atoms with van der Waals surface area (Å²) in [7, 11) is 1.65. The molecule has 0 saturated carbocycles. The molecular weight excluding hydrogens is 298 g/mol. The van der Waals surface area contributed by atoms with Gasteiger partial charge in [0.1, 0.15) is 11.4 Å². The van der Waals surface area contributed by atoms with Crippen molar-refractivity contribution in [2.24, 2.45) is 0 Å². The average molecular weight is 317 g/mol. The van der Waals surface area contributed by atoms with Gasteiger partial charge in [-0.15, -0.1) is 0 Å². The highest BCUT2D eigenvalue weighted by Gasteiger charge is 2.39. The highest BCUT2D eigenvalue weighted by atomic mass is 16.3. The molecule has 1 saturated heterocycles. The molecule has 0 spiro atoms. The minimum Gasteiger partial charge on any atom is -0.448 e. The quantitative estimate of drug-likeness (QED) is 0.876. The number of rotatable bonds is 4. The maximum absolute atomic E-state index is 12.4. The molecule has 2 aromatic rings. The Hall–Kier alpha value is -2.48. The molecule has 2 aromatic heterocycles. The second-order valence-corrected chi connectivity index (χ2v) is 5.86. The second kappa shape index (κ2) is 5.96. The molecule has 0 aromatic carbocycles. The predicted octanol–water partition coefficient (Wildman–Crippen LogP) is 0.486. The molecule has 23 heavy (non-hydrogen) atoms. The van der Waals surface area contributed by atoms with Crippen LogP contribution >= 0.6 is 0 Å². The summed E-state index contributed by atoms with van der Waals surface area (Å²) in [5.41, 5.74) is -0.723. The van der Waals surface area contributed by atoms with E-state index in [-0.39, 0.29) is 18.1 Å². The van der Waals surface area contributed by atoms with E-state index in [0.717, 1.165) is 0 Å². The van der Waals surface area contributed by atoms with Crippen LogP contribution < -0.4 is 4.90 Å². The zero-order valence-corrected chi connectivity index (χ0v) is 13.1. The van der Waals surface area contributed by atoms with Gasteiger partial charge in [-0.2, -0.15) is 0 Å². The Morgan fingerprint density at radius 2 is 2.17 bits per heavy atom. The molecule has 3 rings (SSSR count). The van der Waals surface area contributed by atoms with E-state index in [1.165, 1.54) is 11.3 Å². The standard InChI is InChI=1S/C15H19N5O3/c1-11-12(18-10-23-11)13(21)19(2)8-15(22)4-7-20(9-15)14-16-5-3-6-17-14/h3,5-6,10,22H,4,7-9H2,1-2H3. The molecule has 1 fully saturated rings. The lowest BCUT2D eigenvalue weighted by atomic mass is 10.0. The number of nitrogens with zero attached hydrogens (tertiary/aromatic N) is 5. The van der Waals surface area contributed by atoms with Gasteiger partial charge in [0.15, 0.2) is 12.1 Å². The van der Waals surface area contributed by atoms with Crippen LogP contribution in [0, 0.1) is 6.92 Å². The average Bonchev–Trinajstić information content (AvgIpc) is 3.13. The van der Waals surface area contributed by atoms with Gasteiger partial charge in [-0.25, -0.2) is 15.0 Å². The van der Waals surface area contributed by atoms with Gasteiger partial charge in [0.2, 0.25) is 5.95 Å². The summed E-state index contributed by atoms with van der Waals surface area (Å²) in [5, 5.41) is 10.8. The Morgan fingerprint density at radius 3 is 2.83 bits per heavy atom. The van der Waals surface area contributed by atoms with Crippen LogP contribution in [0.2, 0.25) is 0 Å². The topological polar surface area (TPSA) is 95.6 Å². The van der Waals surface area contributed by atoms with E-state index < -0.39 is 5.60 Å². The number of aryl methyl sites for hydroxylation is 1. The maximum atomic E-state index is 12.4. The number of oxazole rings is 1. The Bertz CT molecular complexity index is 689. The number of hydrogen-bond acceptors (Lipinski definition) is 7. The Kier molecular flexibility index (Phi) is 3.99. The van der Waals surface area contributed by atoms with E-state index in [9.17, 15) is 9.90 Å². The summed E-state index contributed by atoms with van der Waals surface area (Å²) in [4.78, 5) is 28.1. The van der Waals surface area contributed by atoms with Gasteiger partial charge in [-0.3, -0.25) is 4.79 Å². The van der Waals surface area contributed by atoms with Crippen molar-refractivity contribution in [3.63, 3.8) is 0 Å². The highest BCUT2D eigenvalue weighted by Crippen LogP contribution is 2.25. The van der Waals surface area contributed by atoms with E-state index in [4.69, 9.17) is 4.42 Å². The van der Waals surface area contributed by atoms with Crippen LogP contribution in [0.25, 0.3) is 0 Å². The van der Waals surface area contributed by atoms with Crippen molar-refractivity contribution < 1.29 is 14.3 Å². The third-order valence-electron chi connectivity index (χ3n) is 3.99. The lowest BCUT2D eigenvalue weighted by Crippen LogP contribution is -2.46. The fraction of sp³-hybridized carbons (Fsp3) is 0.467. The van der Waals surface area contributed by atoms with Crippen molar-refractivity contribution >= 4 is 11.9 Å². The zero-order chi connectivity index (χ0) is 16.4. The van der Waals surface area contributed by atoms with E-state index in [1.54, 1.807) is 32.4 Å². The van der Waals surface area contributed by atoms with Gasteiger partial charge in [0, 0.05) is 26.0 Å². The van der Waals surface area contributed by atoms with Crippen molar-refractivity contribution in [1.29, 1.82) is 0 Å². The minimum atomic E-state index is -0.999. The predicted molar refractivity (Wildman–Crippen MR) is 82.0 cm³/mol. The number of amides is 1. The van der Waals surface area contributed by atoms with Crippen LogP contribution in [0.1, 0.15) is 22.7 Å². The van der Waals surface area contributed by atoms with Gasteiger partial charge in [0.25, 0.3) is 5.91 Å². The van der Waals surface area contributed by atoms with Crippen LogP contribution in [0.3, 0.4) is 0 Å². The number of β-amino-alcohol motifs (C(OH)–C–C–N with tert-alkyl or cyclic N) is 1. The van der Waals surface area contributed by atoms with Gasteiger partial charge < -0.3 is 19.3 Å². The molecule has 0 bridgehead atoms. The smallest absolute Gasteiger partial charge is 0.275 e. The van der Waals surface area contributed by atoms with Crippen LogP contribution in [-0.4, -0.2) is 63.1 Å². The number of carbonyl (C=O) groups excluding carboxylic acids is 1. The molecule has 8 nitrogen and oxygen atoms in total. The van der Waals surface area contributed by atoms with Crippen LogP contribution in [0.15, 0.2) is 29.3 Å². The Balaban J connectivity index is 1.66. The second-order valence-electron chi connectivity index (χ2n) is 5.86. The number of anilines is 1. The van der Waals surface area contributed by atoms with Gasteiger partial charge in [0.05, 0.1) is 13.1 Å². The largest absolute Gasteiger partial charge is 0.448 e. The highest BCUT2D eigenvalue weighted by molar-refractivity contribution is 5.93. The van der Waals surface area contributed by atoms with E-state index in [2.05, 4.69) is 15.0 Å². The fourth-order valence-electron chi connectivity index (χ4n) is 2.82. The van der Waals surface area contributed by atoms with Crippen molar-refractivity contribution in [2.75, 3.05) is 31.6 Å². The van der Waals surface area contributed by atoms with Crippen molar-refractivity contribution in [2.45, 2.75) is 18.9 Å². The van der Waals surface area contributed by atoms with Gasteiger partial charge >= 0.3 is 0 Å². The first-order valence-electron chi connectivity index (χ1n) is 7.38. The van der Waals surface area contributed by atoms with Crippen LogP contribution in [0.4, 0.5) is 5.95 Å². The van der Waals surface area contributed by atoms with E-state index >= 15 is 0 Å². The third kappa shape index (κ3) is 3.16. The van der Waals surface area contributed by atoms with Crippen LogP contribution in [-0.2, 0) is 0 Å². The summed E-state index contributed by atoms with van der Waals surface area (Å²) in [6.45, 7) is 2.92. The summed E-state index contributed by atoms with van der Waals surface area (Å²) in [5.74, 6) is 0.795. The van der Waals surface area contributed by atoms with Crippen molar-refractivity contribution in [3.8, 4) is 0 Å². The molecule has 3 heterocycles. The summed E-state index contributed by atoms with van der Waals surface area (Å²) >= 11 is 0. The number of hydrogen-bond donors (Lipinski definition) is 1. The van der Waals surface area contributed by atoms with E-state index in [0.29, 0.717) is 31.2 Å². The SMILES string of the molecule is Cc1ocnc1C(=O)N(C)CC1(O)CCN(c2ncccn2)C1. The summed E-state index contributed by atoms with van der Waals surface area (Å²) in [6.07, 6.45) is 5.13. The minimum absolute atomic E-state index is 0.210. The fourth-order valence-corrected chi connectivity index (χ4v) is 2.82. The molecule has 8 heteroatoms. The number of aromatic nitrogens is 3. The number of likely N-dealkylation sites (N-methyl/N-ethyl adjacent to an activating group) is 1. The molecule has 1 atom stereocenters. The Morgan fingerprint density at radius 1 is 1.43 bits per heavy atom. The normalized spacial score (nSPS) is 20.7. The molecule has 1 unspecified atom stereocenters.